The lowest BCUT2D eigenvalue weighted by molar-refractivity contribution is -0.135. The van der Waals surface area contributed by atoms with E-state index in [1.54, 1.807) is 0 Å². The molecule has 0 bridgehead atoms. The van der Waals surface area contributed by atoms with Crippen LogP contribution in [0.5, 0.6) is 0 Å². The van der Waals surface area contributed by atoms with Crippen LogP contribution >= 0.6 is 0 Å². The molecule has 0 aromatic rings. The number of carbonyl (C=O) groups excluding carboxylic acids is 1. The van der Waals surface area contributed by atoms with Crippen molar-refractivity contribution in [2.45, 2.75) is 45.1 Å². The van der Waals surface area contributed by atoms with E-state index >= 15 is 0 Å². The smallest absolute Gasteiger partial charge is 0.222 e. The standard InChI is InChI=1S/C12H23NO3/c1-3-16-10-4-5-11(14)13-8-6-12(2,15)7-9-13/h15H,3-10H2,1-2H3. The summed E-state index contributed by atoms with van der Waals surface area (Å²) in [4.78, 5) is 13.6. The van der Waals surface area contributed by atoms with Gasteiger partial charge in [0.05, 0.1) is 5.60 Å². The molecule has 0 saturated carbocycles. The second-order valence-corrected chi connectivity index (χ2v) is 4.68. The van der Waals surface area contributed by atoms with E-state index in [-0.39, 0.29) is 5.91 Å². The maximum absolute atomic E-state index is 11.8. The molecule has 0 atom stereocenters. The van der Waals surface area contributed by atoms with Crippen molar-refractivity contribution >= 4 is 5.91 Å². The van der Waals surface area contributed by atoms with Crippen LogP contribution < -0.4 is 0 Å². The molecular weight excluding hydrogens is 206 g/mol. The average molecular weight is 229 g/mol. The highest BCUT2D eigenvalue weighted by Gasteiger charge is 2.29. The van der Waals surface area contributed by atoms with Gasteiger partial charge >= 0.3 is 0 Å². The van der Waals surface area contributed by atoms with Crippen molar-refractivity contribution in [2.24, 2.45) is 0 Å². The van der Waals surface area contributed by atoms with E-state index in [0.29, 0.717) is 45.6 Å². The Morgan fingerprint density at radius 1 is 1.44 bits per heavy atom. The van der Waals surface area contributed by atoms with Crippen LogP contribution in [-0.2, 0) is 9.53 Å². The minimum atomic E-state index is -0.581. The number of hydrogen-bond donors (Lipinski definition) is 1. The fraction of sp³-hybridized carbons (Fsp3) is 0.917. The Morgan fingerprint density at radius 2 is 2.06 bits per heavy atom. The second kappa shape index (κ2) is 6.21. The summed E-state index contributed by atoms with van der Waals surface area (Å²) in [5.74, 6) is 0.190. The summed E-state index contributed by atoms with van der Waals surface area (Å²) in [6.07, 6.45) is 2.72. The largest absolute Gasteiger partial charge is 0.390 e. The predicted molar refractivity (Wildman–Crippen MR) is 62.2 cm³/mol. The van der Waals surface area contributed by atoms with Crippen LogP contribution in [0.1, 0.15) is 39.5 Å². The molecule has 1 amide bonds. The van der Waals surface area contributed by atoms with Crippen LogP contribution in [0, 0.1) is 0 Å². The van der Waals surface area contributed by atoms with Crippen LogP contribution in [0.4, 0.5) is 0 Å². The van der Waals surface area contributed by atoms with Crippen molar-refractivity contribution in [1.29, 1.82) is 0 Å². The van der Waals surface area contributed by atoms with Gasteiger partial charge in [0.15, 0.2) is 0 Å². The number of rotatable bonds is 5. The summed E-state index contributed by atoms with van der Waals surface area (Å²) < 4.78 is 5.19. The molecule has 1 fully saturated rings. The number of aliphatic hydroxyl groups is 1. The Balaban J connectivity index is 2.18. The highest BCUT2D eigenvalue weighted by atomic mass is 16.5. The van der Waals surface area contributed by atoms with E-state index in [9.17, 15) is 9.90 Å². The molecular formula is C12H23NO3. The first-order valence-corrected chi connectivity index (χ1v) is 6.13. The third-order valence-electron chi connectivity index (χ3n) is 3.08. The van der Waals surface area contributed by atoms with E-state index in [4.69, 9.17) is 4.74 Å². The van der Waals surface area contributed by atoms with Crippen molar-refractivity contribution in [3.8, 4) is 0 Å². The van der Waals surface area contributed by atoms with Gasteiger partial charge in [-0.05, 0) is 33.1 Å². The highest BCUT2D eigenvalue weighted by Crippen LogP contribution is 2.21. The Bertz CT molecular complexity index is 218. The zero-order valence-electron chi connectivity index (χ0n) is 10.4. The van der Waals surface area contributed by atoms with Gasteiger partial charge in [0.2, 0.25) is 5.91 Å². The molecule has 1 N–H and O–H groups in total. The van der Waals surface area contributed by atoms with Gasteiger partial charge in [-0.25, -0.2) is 0 Å². The number of amides is 1. The molecule has 4 heteroatoms. The Morgan fingerprint density at radius 3 is 2.62 bits per heavy atom. The fourth-order valence-corrected chi connectivity index (χ4v) is 1.87. The zero-order chi connectivity index (χ0) is 12.0. The zero-order valence-corrected chi connectivity index (χ0v) is 10.4. The predicted octanol–water partition coefficient (Wildman–Crippen LogP) is 1.18. The Hall–Kier alpha value is -0.610. The van der Waals surface area contributed by atoms with Gasteiger partial charge in [-0.3, -0.25) is 4.79 Å². The van der Waals surface area contributed by atoms with Gasteiger partial charge in [0, 0.05) is 32.7 Å². The first-order valence-electron chi connectivity index (χ1n) is 6.13. The van der Waals surface area contributed by atoms with Crippen LogP contribution in [0.2, 0.25) is 0 Å². The lowest BCUT2D eigenvalue weighted by Gasteiger charge is -2.35. The van der Waals surface area contributed by atoms with Crippen LogP contribution in [0.3, 0.4) is 0 Å². The third kappa shape index (κ3) is 4.49. The summed E-state index contributed by atoms with van der Waals surface area (Å²) in [6, 6.07) is 0. The number of carbonyl (C=O) groups is 1. The van der Waals surface area contributed by atoms with Gasteiger partial charge in [0.1, 0.15) is 0 Å². The minimum absolute atomic E-state index is 0.190. The molecule has 16 heavy (non-hydrogen) atoms. The van der Waals surface area contributed by atoms with Crippen molar-refractivity contribution in [3.05, 3.63) is 0 Å². The van der Waals surface area contributed by atoms with E-state index in [1.165, 1.54) is 0 Å². The third-order valence-corrected chi connectivity index (χ3v) is 3.08. The van der Waals surface area contributed by atoms with E-state index in [2.05, 4.69) is 0 Å². The van der Waals surface area contributed by atoms with E-state index in [0.717, 1.165) is 6.42 Å². The lowest BCUT2D eigenvalue weighted by Crippen LogP contribution is -2.45. The Labute approximate surface area is 97.6 Å². The monoisotopic (exact) mass is 229 g/mol. The summed E-state index contributed by atoms with van der Waals surface area (Å²) in [5, 5.41) is 9.76. The number of hydrogen-bond acceptors (Lipinski definition) is 3. The van der Waals surface area contributed by atoms with Crippen molar-refractivity contribution in [2.75, 3.05) is 26.3 Å². The van der Waals surface area contributed by atoms with Crippen molar-refractivity contribution in [3.63, 3.8) is 0 Å². The summed E-state index contributed by atoms with van der Waals surface area (Å²) >= 11 is 0. The number of nitrogens with zero attached hydrogens (tertiary/aromatic N) is 1. The second-order valence-electron chi connectivity index (χ2n) is 4.68. The maximum atomic E-state index is 11.8. The molecule has 0 unspecified atom stereocenters. The number of piperidine rings is 1. The van der Waals surface area contributed by atoms with Crippen molar-refractivity contribution < 1.29 is 14.6 Å². The van der Waals surface area contributed by atoms with Crippen molar-refractivity contribution in [1.82, 2.24) is 4.90 Å². The highest BCUT2D eigenvalue weighted by molar-refractivity contribution is 5.76. The van der Waals surface area contributed by atoms with Gasteiger partial charge < -0.3 is 14.7 Å². The summed E-state index contributed by atoms with van der Waals surface area (Å²) in [6.45, 7) is 6.52. The number of ether oxygens (including phenoxy) is 1. The van der Waals surface area contributed by atoms with E-state index < -0.39 is 5.60 Å². The minimum Gasteiger partial charge on any atom is -0.390 e. The molecule has 1 aliphatic rings. The lowest BCUT2D eigenvalue weighted by atomic mass is 9.93. The topological polar surface area (TPSA) is 49.8 Å². The molecule has 0 radical (unpaired) electrons. The molecule has 1 saturated heterocycles. The SMILES string of the molecule is CCOCCCC(=O)N1CCC(C)(O)CC1. The first kappa shape index (κ1) is 13.5. The van der Waals surface area contributed by atoms with Gasteiger partial charge in [-0.2, -0.15) is 0 Å². The molecule has 1 aliphatic heterocycles. The van der Waals surface area contributed by atoms with Crippen LogP contribution in [-0.4, -0.2) is 47.8 Å². The Kier molecular flexibility index (Phi) is 5.22. The molecule has 1 rings (SSSR count). The maximum Gasteiger partial charge on any atom is 0.222 e. The summed E-state index contributed by atoms with van der Waals surface area (Å²) in [7, 11) is 0. The molecule has 0 aromatic heterocycles. The van der Waals surface area contributed by atoms with Crippen LogP contribution in [0.25, 0.3) is 0 Å². The average Bonchev–Trinajstić information content (AvgIpc) is 2.24. The quantitative estimate of drug-likeness (QED) is 0.720. The molecule has 94 valence electrons. The van der Waals surface area contributed by atoms with E-state index in [1.807, 2.05) is 18.7 Å². The van der Waals surface area contributed by atoms with Gasteiger partial charge in [-0.15, -0.1) is 0 Å². The summed E-state index contributed by atoms with van der Waals surface area (Å²) in [5.41, 5.74) is -0.581. The molecule has 0 aromatic carbocycles. The number of likely N-dealkylation sites (tertiary alicyclic amines) is 1. The normalized spacial score (nSPS) is 19.8. The van der Waals surface area contributed by atoms with Crippen LogP contribution in [0.15, 0.2) is 0 Å². The fourth-order valence-electron chi connectivity index (χ4n) is 1.87. The molecule has 0 spiro atoms. The molecule has 0 aliphatic carbocycles. The van der Waals surface area contributed by atoms with Gasteiger partial charge in [0.25, 0.3) is 0 Å². The first-order chi connectivity index (χ1) is 7.55. The molecule has 4 nitrogen and oxygen atoms in total. The van der Waals surface area contributed by atoms with Gasteiger partial charge in [-0.1, -0.05) is 0 Å². The molecule has 1 heterocycles.